The third-order valence-corrected chi connectivity index (χ3v) is 8.22. The fourth-order valence-electron chi connectivity index (χ4n) is 3.81. The van der Waals surface area contributed by atoms with Crippen molar-refractivity contribution in [2.24, 2.45) is 0 Å². The van der Waals surface area contributed by atoms with Crippen LogP contribution in [0.25, 0.3) is 0 Å². The van der Waals surface area contributed by atoms with Gasteiger partial charge >= 0.3 is 0 Å². The maximum Gasteiger partial charge on any atom is 0.271 e. The lowest BCUT2D eigenvalue weighted by Gasteiger charge is -2.32. The van der Waals surface area contributed by atoms with Gasteiger partial charge in [-0.3, -0.25) is 9.59 Å². The second kappa shape index (κ2) is 13.6. The van der Waals surface area contributed by atoms with E-state index in [4.69, 9.17) is 0 Å². The summed E-state index contributed by atoms with van der Waals surface area (Å²) in [5.74, 6) is -3.33. The number of halogens is 2. The van der Waals surface area contributed by atoms with Gasteiger partial charge in [0.25, 0.3) is 11.8 Å². The van der Waals surface area contributed by atoms with E-state index in [2.05, 4.69) is 15.6 Å². The largest absolute Gasteiger partial charge is 0.388 e. The lowest BCUT2D eigenvalue weighted by molar-refractivity contribution is -0.0212. The van der Waals surface area contributed by atoms with Crippen molar-refractivity contribution in [2.45, 2.75) is 37.1 Å². The van der Waals surface area contributed by atoms with Crippen LogP contribution >= 0.6 is 11.3 Å². The molecular formula is C26H27F2N5O6S2. The van der Waals surface area contributed by atoms with Gasteiger partial charge in [0.2, 0.25) is 10.0 Å². The zero-order chi connectivity index (χ0) is 30.3. The number of aromatic nitrogens is 1. The second-order valence-electron chi connectivity index (χ2n) is 9.10. The van der Waals surface area contributed by atoms with Crippen LogP contribution in [-0.2, 0) is 16.4 Å². The van der Waals surface area contributed by atoms with Gasteiger partial charge in [-0.05, 0) is 36.2 Å². The molecule has 218 valence electrons. The number of aliphatic hydroxyl groups excluding tert-OH is 2. The van der Waals surface area contributed by atoms with Crippen LogP contribution in [0.2, 0.25) is 0 Å². The van der Waals surface area contributed by atoms with Crippen molar-refractivity contribution >= 4 is 38.3 Å². The highest BCUT2D eigenvalue weighted by molar-refractivity contribution is 7.92. The minimum Gasteiger partial charge on any atom is -0.388 e. The number of thiazole rings is 1. The first-order valence-corrected chi connectivity index (χ1v) is 14.8. The molecule has 4 N–H and O–H groups in total. The molecule has 0 aliphatic rings. The highest BCUT2D eigenvalue weighted by atomic mass is 32.2. The minimum atomic E-state index is -3.67. The highest BCUT2D eigenvalue weighted by Crippen LogP contribution is 2.22. The van der Waals surface area contributed by atoms with Crippen molar-refractivity contribution < 1.29 is 37.0 Å². The Morgan fingerprint density at radius 3 is 2.22 bits per heavy atom. The number of benzene rings is 2. The standard InChI is InChI=1S/C26H27F2N5O6S2/c1-33(41(2,38)39)26-32-21(14-40-26)25(37)31-20(12-15-10-17(27)13-18(28)11-15)23(35)22(34)19(8-9-29)30-24(36)16-6-4-3-5-7-16/h3-7,10-11,13-14,19-20,22-23,34-35H,8,12H2,1-2H3,(H,30,36)(H,31,37)/t19-,20+,22+,23+/m0/s1. The van der Waals surface area contributed by atoms with E-state index < -0.39 is 64.2 Å². The molecular weight excluding hydrogens is 580 g/mol. The van der Waals surface area contributed by atoms with Gasteiger partial charge in [-0.2, -0.15) is 5.26 Å². The van der Waals surface area contributed by atoms with E-state index in [-0.39, 0.29) is 28.4 Å². The zero-order valence-electron chi connectivity index (χ0n) is 21.9. The van der Waals surface area contributed by atoms with Gasteiger partial charge in [0.1, 0.15) is 29.5 Å². The summed E-state index contributed by atoms with van der Waals surface area (Å²) < 4.78 is 52.3. The molecule has 41 heavy (non-hydrogen) atoms. The number of hydrogen-bond donors (Lipinski definition) is 4. The summed E-state index contributed by atoms with van der Waals surface area (Å²) >= 11 is 0.859. The molecule has 0 saturated carbocycles. The van der Waals surface area contributed by atoms with Crippen LogP contribution < -0.4 is 14.9 Å². The van der Waals surface area contributed by atoms with Gasteiger partial charge in [0.05, 0.1) is 30.8 Å². The Morgan fingerprint density at radius 2 is 1.63 bits per heavy atom. The molecule has 0 spiro atoms. The Kier molecular flexibility index (Phi) is 10.5. The number of nitrogens with zero attached hydrogens (tertiary/aromatic N) is 3. The summed E-state index contributed by atoms with van der Waals surface area (Å²) in [5, 5.41) is 37.6. The summed E-state index contributed by atoms with van der Waals surface area (Å²) in [6.07, 6.45) is -3.50. The van der Waals surface area contributed by atoms with Gasteiger partial charge in [-0.15, -0.1) is 11.3 Å². The number of sulfonamides is 1. The Morgan fingerprint density at radius 1 is 1.05 bits per heavy atom. The molecule has 0 unspecified atom stereocenters. The summed E-state index contributed by atoms with van der Waals surface area (Å²) in [5.41, 5.74) is 0.0409. The third-order valence-electron chi connectivity index (χ3n) is 6.02. The first-order chi connectivity index (χ1) is 19.3. The summed E-state index contributed by atoms with van der Waals surface area (Å²) in [6, 6.07) is 9.66. The Labute approximate surface area is 239 Å². The van der Waals surface area contributed by atoms with Crippen molar-refractivity contribution in [1.82, 2.24) is 15.6 Å². The van der Waals surface area contributed by atoms with E-state index in [1.807, 2.05) is 6.07 Å². The maximum atomic E-state index is 13.9. The van der Waals surface area contributed by atoms with E-state index >= 15 is 0 Å². The molecule has 2 amide bonds. The molecule has 15 heteroatoms. The van der Waals surface area contributed by atoms with Crippen molar-refractivity contribution in [2.75, 3.05) is 17.6 Å². The van der Waals surface area contributed by atoms with Crippen molar-refractivity contribution in [3.63, 3.8) is 0 Å². The number of anilines is 1. The molecule has 1 heterocycles. The monoisotopic (exact) mass is 607 g/mol. The Bertz CT molecular complexity index is 1510. The van der Waals surface area contributed by atoms with E-state index in [9.17, 15) is 42.3 Å². The molecule has 11 nitrogen and oxygen atoms in total. The van der Waals surface area contributed by atoms with Gasteiger partial charge < -0.3 is 20.8 Å². The molecule has 0 radical (unpaired) electrons. The zero-order valence-corrected chi connectivity index (χ0v) is 23.5. The quantitative estimate of drug-likeness (QED) is 0.240. The van der Waals surface area contributed by atoms with E-state index in [1.165, 1.54) is 24.6 Å². The van der Waals surface area contributed by atoms with Crippen molar-refractivity contribution in [3.05, 3.63) is 82.4 Å². The van der Waals surface area contributed by atoms with Gasteiger partial charge in [-0.1, -0.05) is 18.2 Å². The van der Waals surface area contributed by atoms with Crippen LogP contribution in [0.15, 0.2) is 53.9 Å². The summed E-state index contributed by atoms with van der Waals surface area (Å²) in [6.45, 7) is 0. The number of hydrogen-bond acceptors (Lipinski definition) is 9. The van der Waals surface area contributed by atoms with E-state index in [1.54, 1.807) is 18.2 Å². The smallest absolute Gasteiger partial charge is 0.271 e. The van der Waals surface area contributed by atoms with Crippen molar-refractivity contribution in [1.29, 1.82) is 5.26 Å². The molecule has 0 saturated heterocycles. The highest BCUT2D eigenvalue weighted by Gasteiger charge is 2.35. The van der Waals surface area contributed by atoms with Gasteiger partial charge in [-0.25, -0.2) is 26.5 Å². The minimum absolute atomic E-state index is 0.0142. The topological polar surface area (TPSA) is 173 Å². The van der Waals surface area contributed by atoms with Crippen LogP contribution in [0.5, 0.6) is 0 Å². The predicted octanol–water partition coefficient (Wildman–Crippen LogP) is 1.59. The molecule has 4 atom stereocenters. The van der Waals surface area contributed by atoms with E-state index in [0.29, 0.717) is 6.07 Å². The average Bonchev–Trinajstić information content (AvgIpc) is 3.41. The predicted molar refractivity (Wildman–Crippen MR) is 147 cm³/mol. The first-order valence-electron chi connectivity index (χ1n) is 12.0. The molecule has 3 aromatic rings. The average molecular weight is 608 g/mol. The van der Waals surface area contributed by atoms with Crippen LogP contribution in [0, 0.1) is 23.0 Å². The normalized spacial score (nSPS) is 14.3. The Hall–Kier alpha value is -3.97. The van der Waals surface area contributed by atoms with Gasteiger partial charge in [0, 0.05) is 24.1 Å². The summed E-state index contributed by atoms with van der Waals surface area (Å²) in [4.78, 5) is 29.7. The van der Waals surface area contributed by atoms with Gasteiger partial charge in [0.15, 0.2) is 5.13 Å². The van der Waals surface area contributed by atoms with Crippen LogP contribution in [0.3, 0.4) is 0 Å². The number of nitriles is 1. The molecule has 2 aromatic carbocycles. The number of amides is 2. The van der Waals surface area contributed by atoms with Crippen LogP contribution in [0.1, 0.15) is 32.8 Å². The number of carbonyl (C=O) groups excluding carboxylic acids is 2. The van der Waals surface area contributed by atoms with E-state index in [0.717, 1.165) is 34.0 Å². The number of nitrogens with one attached hydrogen (secondary N) is 2. The molecule has 1 aromatic heterocycles. The lowest BCUT2D eigenvalue weighted by Crippen LogP contribution is -2.56. The van der Waals surface area contributed by atoms with Crippen LogP contribution in [0.4, 0.5) is 13.9 Å². The SMILES string of the molecule is CN(c1nc(C(=O)N[C@H](Cc2cc(F)cc(F)c2)[C@@H](O)[C@H](O)[C@H](CC#N)NC(=O)c2ccccc2)cs1)S(C)(=O)=O. The number of carbonyl (C=O) groups is 2. The maximum absolute atomic E-state index is 13.9. The third kappa shape index (κ3) is 8.51. The lowest BCUT2D eigenvalue weighted by atomic mass is 9.92. The first kappa shape index (κ1) is 31.6. The summed E-state index contributed by atoms with van der Waals surface area (Å²) in [7, 11) is -2.42. The fraction of sp³-hybridized carbons (Fsp3) is 0.308. The molecule has 0 aliphatic carbocycles. The molecule has 0 aliphatic heterocycles. The second-order valence-corrected chi connectivity index (χ2v) is 11.9. The number of aliphatic hydroxyl groups is 2. The molecule has 0 fully saturated rings. The molecule has 0 bridgehead atoms. The molecule has 3 rings (SSSR count). The van der Waals surface area contributed by atoms with Crippen molar-refractivity contribution in [3.8, 4) is 6.07 Å². The number of rotatable bonds is 12. The Balaban J connectivity index is 1.88. The van der Waals surface area contributed by atoms with Crippen LogP contribution in [-0.4, -0.2) is 73.0 Å². The fourth-order valence-corrected chi connectivity index (χ4v) is 5.35.